The Hall–Kier alpha value is -3.21. The van der Waals surface area contributed by atoms with Gasteiger partial charge in [-0.3, -0.25) is 4.90 Å². The zero-order chi connectivity index (χ0) is 23.7. The molecule has 1 fully saturated rings. The molecule has 0 N–H and O–H groups in total. The minimum absolute atomic E-state index is 0.000348. The summed E-state index contributed by atoms with van der Waals surface area (Å²) in [4.78, 5) is 16.8. The summed E-state index contributed by atoms with van der Waals surface area (Å²) in [6, 6.07) is 9.51. The highest BCUT2D eigenvalue weighted by atomic mass is 32.2. The lowest BCUT2D eigenvalue weighted by atomic mass is 10.1. The van der Waals surface area contributed by atoms with Crippen LogP contribution >= 0.6 is 11.8 Å². The van der Waals surface area contributed by atoms with E-state index in [1.54, 1.807) is 27.6 Å². The number of benzene rings is 2. The van der Waals surface area contributed by atoms with Crippen molar-refractivity contribution in [3.05, 3.63) is 59.2 Å². The van der Waals surface area contributed by atoms with Crippen molar-refractivity contribution in [2.45, 2.75) is 19.4 Å². The minimum Gasteiger partial charge on any atom is -0.493 e. The van der Waals surface area contributed by atoms with Crippen molar-refractivity contribution in [3.8, 4) is 17.2 Å². The number of aromatic nitrogens is 2. The van der Waals surface area contributed by atoms with Gasteiger partial charge in [-0.25, -0.2) is 9.18 Å². The summed E-state index contributed by atoms with van der Waals surface area (Å²) >= 11 is 1.79. The molecule has 2 aliphatic rings. The first-order valence-electron chi connectivity index (χ1n) is 10.8. The molecule has 0 spiro atoms. The van der Waals surface area contributed by atoms with Crippen molar-refractivity contribution in [1.29, 1.82) is 0 Å². The van der Waals surface area contributed by atoms with Gasteiger partial charge in [0.25, 0.3) is 5.89 Å². The van der Waals surface area contributed by atoms with Crippen molar-refractivity contribution in [1.82, 2.24) is 15.1 Å². The predicted octanol–water partition coefficient (Wildman–Crippen LogP) is 4.92. The maximum Gasteiger partial charge on any atom is 0.324 e. The maximum atomic E-state index is 15.1. The van der Waals surface area contributed by atoms with Crippen LogP contribution in [-0.2, 0) is 13.0 Å². The van der Waals surface area contributed by atoms with Crippen LogP contribution in [0.1, 0.15) is 23.4 Å². The molecule has 178 valence electrons. The second-order valence-corrected chi connectivity index (χ2v) is 9.14. The van der Waals surface area contributed by atoms with E-state index >= 15 is 4.39 Å². The molecule has 0 aliphatic carbocycles. The lowest BCUT2D eigenvalue weighted by Gasteiger charge is -2.33. The van der Waals surface area contributed by atoms with Crippen molar-refractivity contribution in [3.63, 3.8) is 0 Å². The molecule has 2 amide bonds. The molecule has 11 heteroatoms. The van der Waals surface area contributed by atoms with E-state index in [-0.39, 0.29) is 29.6 Å². The third kappa shape index (κ3) is 4.56. The molecular formula is C23H21F3N4O3S. The second kappa shape index (κ2) is 9.57. The third-order valence-corrected chi connectivity index (χ3v) is 6.70. The average Bonchev–Trinajstić information content (AvgIpc) is 3.53. The zero-order valence-corrected chi connectivity index (χ0v) is 18.9. The monoisotopic (exact) mass is 490 g/mol. The van der Waals surface area contributed by atoms with Gasteiger partial charge in [-0.1, -0.05) is 6.07 Å². The summed E-state index contributed by atoms with van der Waals surface area (Å²) in [5.41, 5.74) is 2.12. The lowest BCUT2D eigenvalue weighted by molar-refractivity contribution is 0.116. The molecular weight excluding hydrogens is 469 g/mol. The van der Waals surface area contributed by atoms with Gasteiger partial charge in [0.2, 0.25) is 5.89 Å². The van der Waals surface area contributed by atoms with Crippen LogP contribution in [0.2, 0.25) is 0 Å². The van der Waals surface area contributed by atoms with Crippen molar-refractivity contribution in [2.24, 2.45) is 0 Å². The molecule has 0 saturated carbocycles. The van der Waals surface area contributed by atoms with E-state index in [4.69, 9.17) is 9.15 Å². The van der Waals surface area contributed by atoms with Crippen LogP contribution < -0.4 is 9.64 Å². The molecule has 34 heavy (non-hydrogen) atoms. The van der Waals surface area contributed by atoms with Crippen LogP contribution in [0.4, 0.5) is 23.7 Å². The molecule has 2 aliphatic heterocycles. The number of halogens is 3. The number of nitrogens with zero attached hydrogens (tertiary/aromatic N) is 4. The number of fused-ring (bicyclic) bond motifs is 1. The summed E-state index contributed by atoms with van der Waals surface area (Å²) in [7, 11) is 0. The van der Waals surface area contributed by atoms with Crippen molar-refractivity contribution >= 4 is 23.5 Å². The highest BCUT2D eigenvalue weighted by Gasteiger charge is 2.27. The number of hydrogen-bond donors (Lipinski definition) is 0. The van der Waals surface area contributed by atoms with E-state index in [9.17, 15) is 13.6 Å². The number of carbonyl (C=O) groups excluding carboxylic acids is 1. The Labute approximate surface area is 197 Å². The second-order valence-electron chi connectivity index (χ2n) is 7.91. The molecule has 7 nitrogen and oxygen atoms in total. The minimum atomic E-state index is -2.91. The van der Waals surface area contributed by atoms with Crippen molar-refractivity contribution in [2.75, 3.05) is 36.1 Å². The molecule has 3 heterocycles. The standard InChI is InChI=1S/C23H21F3N4O3S/c24-18-12-15(21-27-28-22(33-21)20(25)26)1-2-16(18)13-30(23(31)29-6-9-34-10-7-29)17-3-4-19-14(11-17)5-8-32-19/h1-4,11-12,20H,5-10,13H2. The Kier molecular flexibility index (Phi) is 6.36. The van der Waals surface area contributed by atoms with Gasteiger partial charge in [-0.15, -0.1) is 10.2 Å². The molecule has 1 aromatic heterocycles. The van der Waals surface area contributed by atoms with Crippen LogP contribution in [0, 0.1) is 5.82 Å². The predicted molar refractivity (Wildman–Crippen MR) is 121 cm³/mol. The normalized spacial score (nSPS) is 15.4. The van der Waals surface area contributed by atoms with Crippen LogP contribution in [0.25, 0.3) is 11.5 Å². The van der Waals surface area contributed by atoms with Gasteiger partial charge >= 0.3 is 12.5 Å². The van der Waals surface area contributed by atoms with Gasteiger partial charge in [0.1, 0.15) is 11.6 Å². The molecule has 2 aromatic carbocycles. The first-order chi connectivity index (χ1) is 16.5. The Morgan fingerprint density at radius 2 is 1.97 bits per heavy atom. The number of carbonyl (C=O) groups is 1. The van der Waals surface area contributed by atoms with E-state index in [1.165, 1.54) is 12.1 Å². The number of rotatable bonds is 5. The fourth-order valence-corrected chi connectivity index (χ4v) is 4.86. The SMILES string of the molecule is O=C(N1CCSCC1)N(Cc1ccc(-c2nnc(C(F)F)o2)cc1F)c1ccc2c(c1)CCO2. The Morgan fingerprint density at radius 3 is 2.71 bits per heavy atom. The van der Waals surface area contributed by atoms with Crippen molar-refractivity contribution < 1.29 is 27.1 Å². The largest absolute Gasteiger partial charge is 0.493 e. The molecule has 0 unspecified atom stereocenters. The van der Waals surface area contributed by atoms with E-state index in [2.05, 4.69) is 10.2 Å². The average molecular weight is 491 g/mol. The molecule has 0 bridgehead atoms. The lowest BCUT2D eigenvalue weighted by Crippen LogP contribution is -2.46. The third-order valence-electron chi connectivity index (χ3n) is 5.75. The van der Waals surface area contributed by atoms with Gasteiger partial charge in [0.15, 0.2) is 0 Å². The molecule has 3 aromatic rings. The van der Waals surface area contributed by atoms with E-state index in [0.717, 1.165) is 35.3 Å². The van der Waals surface area contributed by atoms with Gasteiger partial charge in [-0.2, -0.15) is 20.5 Å². The smallest absolute Gasteiger partial charge is 0.324 e. The summed E-state index contributed by atoms with van der Waals surface area (Å²) in [5.74, 6) is 0.876. The highest BCUT2D eigenvalue weighted by molar-refractivity contribution is 7.99. The zero-order valence-electron chi connectivity index (χ0n) is 18.0. The van der Waals surface area contributed by atoms with Crippen LogP contribution in [-0.4, -0.2) is 52.3 Å². The number of amides is 2. The number of hydrogen-bond acceptors (Lipinski definition) is 6. The summed E-state index contributed by atoms with van der Waals surface area (Å²) < 4.78 is 51.0. The fourth-order valence-electron chi connectivity index (χ4n) is 3.95. The van der Waals surface area contributed by atoms with E-state index in [1.807, 2.05) is 12.1 Å². The Bertz CT molecular complexity index is 1200. The highest BCUT2D eigenvalue weighted by Crippen LogP contribution is 2.32. The van der Waals surface area contributed by atoms with Gasteiger partial charge in [0, 0.05) is 47.8 Å². The summed E-state index contributed by atoms with van der Waals surface area (Å²) in [6.07, 6.45) is -2.16. The first-order valence-corrected chi connectivity index (χ1v) is 12.0. The summed E-state index contributed by atoms with van der Waals surface area (Å²) in [6.45, 7) is 1.84. The Balaban J connectivity index is 1.44. The number of anilines is 1. The van der Waals surface area contributed by atoms with Gasteiger partial charge < -0.3 is 14.1 Å². The van der Waals surface area contributed by atoms with Crippen LogP contribution in [0.15, 0.2) is 40.8 Å². The van der Waals surface area contributed by atoms with Crippen LogP contribution in [0.5, 0.6) is 5.75 Å². The fraction of sp³-hybridized carbons (Fsp3) is 0.348. The quantitative estimate of drug-likeness (QED) is 0.506. The Morgan fingerprint density at radius 1 is 1.15 bits per heavy atom. The van der Waals surface area contributed by atoms with Gasteiger partial charge in [-0.05, 0) is 35.9 Å². The van der Waals surface area contributed by atoms with E-state index in [0.29, 0.717) is 25.4 Å². The number of thioether (sulfide) groups is 1. The topological polar surface area (TPSA) is 71.7 Å². The molecule has 0 radical (unpaired) electrons. The van der Waals surface area contributed by atoms with Gasteiger partial charge in [0.05, 0.1) is 13.2 Å². The first kappa shape index (κ1) is 22.6. The number of alkyl halides is 2. The number of urea groups is 1. The van der Waals surface area contributed by atoms with E-state index < -0.39 is 18.1 Å². The molecule has 0 atom stereocenters. The summed E-state index contributed by atoms with van der Waals surface area (Å²) in [5, 5.41) is 6.84. The number of ether oxygens (including phenoxy) is 1. The van der Waals surface area contributed by atoms with Crippen LogP contribution in [0.3, 0.4) is 0 Å². The molecule has 5 rings (SSSR count). The molecule has 1 saturated heterocycles. The maximum absolute atomic E-state index is 15.1.